The molecule has 0 radical (unpaired) electrons. The highest BCUT2D eigenvalue weighted by molar-refractivity contribution is 5.99. The number of nitrogens with one attached hydrogen (secondary N) is 3. The number of fused-ring (bicyclic) bond motifs is 1. The van der Waals surface area contributed by atoms with Crippen LogP contribution in [0.5, 0.6) is 0 Å². The third-order valence-corrected chi connectivity index (χ3v) is 4.29. The highest BCUT2D eigenvalue weighted by Gasteiger charge is 2.35. The average molecular weight is 393 g/mol. The minimum absolute atomic E-state index is 0.0458. The Morgan fingerprint density at radius 1 is 1.25 bits per heavy atom. The summed E-state index contributed by atoms with van der Waals surface area (Å²) in [6, 6.07) is 5.01. The first-order valence-corrected chi connectivity index (χ1v) is 9.02. The Hall–Kier alpha value is -2.84. The fourth-order valence-electron chi connectivity index (χ4n) is 3.20. The van der Waals surface area contributed by atoms with Crippen molar-refractivity contribution in [2.45, 2.75) is 45.8 Å². The molecular formula is C19H22F3N5O. The van der Waals surface area contributed by atoms with Crippen molar-refractivity contribution >= 4 is 29.0 Å². The Bertz CT molecular complexity index is 882. The highest BCUT2D eigenvalue weighted by atomic mass is 19.4. The van der Waals surface area contributed by atoms with Crippen molar-refractivity contribution < 1.29 is 18.0 Å². The van der Waals surface area contributed by atoms with Gasteiger partial charge in [-0.1, -0.05) is 13.8 Å². The summed E-state index contributed by atoms with van der Waals surface area (Å²) in [4.78, 5) is 19.3. The second-order valence-corrected chi connectivity index (χ2v) is 7.35. The number of nitrogens with zero attached hydrogens (tertiary/aromatic N) is 2. The van der Waals surface area contributed by atoms with E-state index in [-0.39, 0.29) is 30.1 Å². The molecule has 9 heteroatoms. The maximum absolute atomic E-state index is 13.3. The molecular weight excluding hydrogens is 371 g/mol. The van der Waals surface area contributed by atoms with Gasteiger partial charge in [0.15, 0.2) is 0 Å². The molecule has 1 atom stereocenters. The Labute approximate surface area is 161 Å². The van der Waals surface area contributed by atoms with Crippen molar-refractivity contribution in [3.05, 3.63) is 35.5 Å². The molecule has 0 saturated heterocycles. The standard InChI is InChI=1S/C19H22F3N5O/c1-10(2)6-11(3)24-17-14(19(20,21)22)9-23-18(27-17)25-13-4-5-15-12(7-13)8-16(28)26-15/h4-5,7,9-11H,6,8H2,1-3H3,(H,26,28)(H2,23,24,25,27). The number of rotatable bonds is 6. The molecule has 0 fully saturated rings. The van der Waals surface area contributed by atoms with Crippen LogP contribution in [-0.2, 0) is 17.4 Å². The van der Waals surface area contributed by atoms with Crippen molar-refractivity contribution in [3.8, 4) is 0 Å². The van der Waals surface area contributed by atoms with Crippen LogP contribution in [0.3, 0.4) is 0 Å². The number of halogens is 3. The lowest BCUT2D eigenvalue weighted by atomic mass is 10.1. The molecule has 0 aliphatic carbocycles. The quantitative estimate of drug-likeness (QED) is 0.670. The molecule has 2 heterocycles. The van der Waals surface area contributed by atoms with Crippen molar-refractivity contribution in [2.75, 3.05) is 16.0 Å². The van der Waals surface area contributed by atoms with Crippen LogP contribution in [0.15, 0.2) is 24.4 Å². The smallest absolute Gasteiger partial charge is 0.367 e. The van der Waals surface area contributed by atoms with E-state index in [2.05, 4.69) is 25.9 Å². The van der Waals surface area contributed by atoms with E-state index in [1.165, 1.54) is 0 Å². The van der Waals surface area contributed by atoms with E-state index in [1.807, 2.05) is 20.8 Å². The van der Waals surface area contributed by atoms with Crippen LogP contribution < -0.4 is 16.0 Å². The van der Waals surface area contributed by atoms with Gasteiger partial charge in [0, 0.05) is 23.6 Å². The predicted octanol–water partition coefficient (Wildman–Crippen LogP) is 4.58. The summed E-state index contributed by atoms with van der Waals surface area (Å²) in [7, 11) is 0. The van der Waals surface area contributed by atoms with Gasteiger partial charge in [-0.15, -0.1) is 0 Å². The molecule has 3 rings (SSSR count). The third-order valence-electron chi connectivity index (χ3n) is 4.29. The van der Waals surface area contributed by atoms with Crippen LogP contribution >= 0.6 is 0 Å². The highest BCUT2D eigenvalue weighted by Crippen LogP contribution is 2.35. The first-order valence-electron chi connectivity index (χ1n) is 9.02. The number of carbonyl (C=O) groups excluding carboxylic acids is 1. The summed E-state index contributed by atoms with van der Waals surface area (Å²) in [5, 5.41) is 8.49. The largest absolute Gasteiger partial charge is 0.421 e. The van der Waals surface area contributed by atoms with Crippen LogP contribution in [0.1, 0.15) is 38.3 Å². The maximum atomic E-state index is 13.3. The number of amides is 1. The minimum atomic E-state index is -4.56. The molecule has 2 aromatic rings. The van der Waals surface area contributed by atoms with Crippen LogP contribution in [-0.4, -0.2) is 21.9 Å². The van der Waals surface area contributed by atoms with Gasteiger partial charge in [-0.2, -0.15) is 18.2 Å². The summed E-state index contributed by atoms with van der Waals surface area (Å²) >= 11 is 0. The summed E-state index contributed by atoms with van der Waals surface area (Å²) < 4.78 is 40.0. The Morgan fingerprint density at radius 3 is 2.68 bits per heavy atom. The van der Waals surface area contributed by atoms with Gasteiger partial charge >= 0.3 is 6.18 Å². The predicted molar refractivity (Wildman–Crippen MR) is 102 cm³/mol. The molecule has 0 spiro atoms. The topological polar surface area (TPSA) is 78.9 Å². The number of anilines is 4. The number of hydrogen-bond donors (Lipinski definition) is 3. The lowest BCUT2D eigenvalue weighted by Crippen LogP contribution is -2.22. The van der Waals surface area contributed by atoms with Gasteiger partial charge in [0.25, 0.3) is 0 Å². The summed E-state index contributed by atoms with van der Waals surface area (Å²) in [5.41, 5.74) is 1.23. The lowest BCUT2D eigenvalue weighted by molar-refractivity contribution is -0.137. The van der Waals surface area contributed by atoms with E-state index in [4.69, 9.17) is 0 Å². The molecule has 28 heavy (non-hydrogen) atoms. The number of carbonyl (C=O) groups is 1. The van der Waals surface area contributed by atoms with Gasteiger partial charge in [0.1, 0.15) is 11.4 Å². The minimum Gasteiger partial charge on any atom is -0.367 e. The van der Waals surface area contributed by atoms with Crippen LogP contribution in [0.4, 0.5) is 36.3 Å². The van der Waals surface area contributed by atoms with E-state index < -0.39 is 11.7 Å². The van der Waals surface area contributed by atoms with Crippen molar-refractivity contribution in [2.24, 2.45) is 5.92 Å². The SMILES string of the molecule is CC(C)CC(C)Nc1nc(Nc2ccc3c(c2)CC(=O)N3)ncc1C(F)(F)F. The van der Waals surface area contributed by atoms with E-state index >= 15 is 0 Å². The molecule has 6 nitrogen and oxygen atoms in total. The van der Waals surface area contributed by atoms with Crippen LogP contribution in [0.25, 0.3) is 0 Å². The van der Waals surface area contributed by atoms with Crippen molar-refractivity contribution in [1.29, 1.82) is 0 Å². The fourth-order valence-corrected chi connectivity index (χ4v) is 3.20. The Kier molecular flexibility index (Phi) is 5.44. The van der Waals surface area contributed by atoms with Gasteiger partial charge in [-0.05, 0) is 43.0 Å². The van der Waals surface area contributed by atoms with Gasteiger partial charge in [0.05, 0.1) is 6.42 Å². The second kappa shape index (κ2) is 7.65. The normalized spacial score (nSPS) is 14.6. The zero-order valence-electron chi connectivity index (χ0n) is 15.8. The zero-order chi connectivity index (χ0) is 20.5. The molecule has 1 aliphatic rings. The molecule has 1 unspecified atom stereocenters. The van der Waals surface area contributed by atoms with E-state index in [9.17, 15) is 18.0 Å². The number of aromatic nitrogens is 2. The van der Waals surface area contributed by atoms with Gasteiger partial charge in [-0.25, -0.2) is 4.98 Å². The molecule has 3 N–H and O–H groups in total. The molecule has 1 aromatic heterocycles. The molecule has 1 aromatic carbocycles. The van der Waals surface area contributed by atoms with Crippen molar-refractivity contribution in [3.63, 3.8) is 0 Å². The molecule has 1 aliphatic heterocycles. The van der Waals surface area contributed by atoms with Crippen LogP contribution in [0, 0.1) is 5.92 Å². The van der Waals surface area contributed by atoms with Gasteiger partial charge in [0.2, 0.25) is 11.9 Å². The second-order valence-electron chi connectivity index (χ2n) is 7.35. The number of alkyl halides is 3. The Balaban J connectivity index is 1.85. The number of benzene rings is 1. The van der Waals surface area contributed by atoms with Crippen LogP contribution in [0.2, 0.25) is 0 Å². The fraction of sp³-hybridized carbons (Fsp3) is 0.421. The van der Waals surface area contributed by atoms with E-state index in [0.29, 0.717) is 18.0 Å². The molecule has 150 valence electrons. The molecule has 0 saturated carbocycles. The zero-order valence-corrected chi connectivity index (χ0v) is 15.8. The average Bonchev–Trinajstić information content (AvgIpc) is 2.92. The maximum Gasteiger partial charge on any atom is 0.421 e. The Morgan fingerprint density at radius 2 is 2.00 bits per heavy atom. The lowest BCUT2D eigenvalue weighted by Gasteiger charge is -2.20. The summed E-state index contributed by atoms with van der Waals surface area (Å²) in [6.07, 6.45) is -2.82. The summed E-state index contributed by atoms with van der Waals surface area (Å²) in [5.74, 6) is 0.0307. The van der Waals surface area contributed by atoms with Gasteiger partial charge < -0.3 is 16.0 Å². The molecule has 0 bridgehead atoms. The van der Waals surface area contributed by atoms with Gasteiger partial charge in [-0.3, -0.25) is 4.79 Å². The monoisotopic (exact) mass is 393 g/mol. The van der Waals surface area contributed by atoms with E-state index in [1.54, 1.807) is 18.2 Å². The summed E-state index contributed by atoms with van der Waals surface area (Å²) in [6.45, 7) is 5.83. The first-order chi connectivity index (χ1) is 13.1. The molecule has 1 amide bonds. The first kappa shape index (κ1) is 19.9. The number of hydrogen-bond acceptors (Lipinski definition) is 5. The van der Waals surface area contributed by atoms with Crippen molar-refractivity contribution in [1.82, 2.24) is 9.97 Å². The van der Waals surface area contributed by atoms with E-state index in [0.717, 1.165) is 17.4 Å². The third kappa shape index (κ3) is 4.71.